The highest BCUT2D eigenvalue weighted by Crippen LogP contribution is 2.31. The van der Waals surface area contributed by atoms with Crippen LogP contribution in [0.2, 0.25) is 0 Å². The highest BCUT2D eigenvalue weighted by Gasteiger charge is 2.44. The zero-order valence-electron chi connectivity index (χ0n) is 17.0. The third-order valence-corrected chi connectivity index (χ3v) is 5.30. The number of ketones is 1. The fraction of sp³-hybridized carbons (Fsp3) is 0.435. The van der Waals surface area contributed by atoms with Crippen molar-refractivity contribution in [3.8, 4) is 0 Å². The van der Waals surface area contributed by atoms with Gasteiger partial charge in [0.25, 0.3) is 0 Å². The third kappa shape index (κ3) is 4.97. The normalized spacial score (nSPS) is 23.4. The average Bonchev–Trinajstić information content (AvgIpc) is 3.15. The molecule has 1 saturated heterocycles. The van der Waals surface area contributed by atoms with E-state index in [-0.39, 0.29) is 19.0 Å². The number of ether oxygens (including phenoxy) is 2. The summed E-state index contributed by atoms with van der Waals surface area (Å²) in [5.74, 6) is -1.12. The number of rotatable bonds is 8. The van der Waals surface area contributed by atoms with E-state index in [1.54, 1.807) is 13.0 Å². The lowest BCUT2D eigenvalue weighted by atomic mass is 9.95. The van der Waals surface area contributed by atoms with E-state index in [2.05, 4.69) is 0 Å². The smallest absolute Gasteiger partial charge is 0.417 e. The maximum Gasteiger partial charge on any atom is 0.417 e. The Hall–Kier alpha value is -2.93. The maximum atomic E-state index is 13.1. The molecule has 1 aromatic rings. The van der Waals surface area contributed by atoms with Crippen LogP contribution in [-0.4, -0.2) is 47.1 Å². The van der Waals surface area contributed by atoms with Crippen molar-refractivity contribution in [2.24, 2.45) is 5.92 Å². The van der Waals surface area contributed by atoms with Crippen LogP contribution < -0.4 is 0 Å². The number of hydrogen-bond donors (Lipinski definition) is 1. The predicted molar refractivity (Wildman–Crippen MR) is 109 cm³/mol. The second-order valence-corrected chi connectivity index (χ2v) is 7.45. The van der Waals surface area contributed by atoms with E-state index in [1.165, 1.54) is 6.08 Å². The Bertz CT molecular complexity index is 831. The number of aliphatic hydroxyl groups is 1. The number of cyclic esters (lactones) is 1. The number of aliphatic hydroxyl groups excluding tert-OH is 1. The number of nitrogens with zero attached hydrogens (tertiary/aromatic N) is 1. The highest BCUT2D eigenvalue weighted by molar-refractivity contribution is 6.01. The van der Waals surface area contributed by atoms with Crippen LogP contribution in [-0.2, 0) is 19.1 Å². The first kappa shape index (κ1) is 21.8. The molecule has 160 valence electrons. The minimum absolute atomic E-state index is 0.0830. The Labute approximate surface area is 176 Å². The summed E-state index contributed by atoms with van der Waals surface area (Å²) in [4.78, 5) is 38.9. The van der Waals surface area contributed by atoms with Gasteiger partial charge in [-0.3, -0.25) is 9.59 Å². The van der Waals surface area contributed by atoms with Crippen molar-refractivity contribution < 1.29 is 29.0 Å². The molecule has 7 heteroatoms. The topological polar surface area (TPSA) is 93.1 Å². The number of imide groups is 1. The molecule has 1 fully saturated rings. The summed E-state index contributed by atoms with van der Waals surface area (Å²) in [5, 5.41) is 8.83. The zero-order chi connectivity index (χ0) is 21.5. The quantitative estimate of drug-likeness (QED) is 0.658. The summed E-state index contributed by atoms with van der Waals surface area (Å²) in [6, 6.07) is 8.67. The van der Waals surface area contributed by atoms with Crippen molar-refractivity contribution in [2.75, 3.05) is 13.2 Å². The number of amides is 2. The minimum atomic E-state index is -0.990. The van der Waals surface area contributed by atoms with E-state index in [9.17, 15) is 14.4 Å². The highest BCUT2D eigenvalue weighted by atomic mass is 16.6. The molecule has 1 N–H and O–H groups in total. The van der Waals surface area contributed by atoms with Gasteiger partial charge in [-0.15, -0.1) is 0 Å². The van der Waals surface area contributed by atoms with Crippen LogP contribution in [0.5, 0.6) is 0 Å². The van der Waals surface area contributed by atoms with Crippen LogP contribution in [0.25, 0.3) is 0 Å². The van der Waals surface area contributed by atoms with Crippen molar-refractivity contribution >= 4 is 17.8 Å². The summed E-state index contributed by atoms with van der Waals surface area (Å²) in [5.41, 5.74) is 0.795. The van der Waals surface area contributed by atoms with Gasteiger partial charge in [0, 0.05) is 6.61 Å². The summed E-state index contributed by atoms with van der Waals surface area (Å²) in [6.45, 7) is 1.85. The molecule has 2 aliphatic rings. The summed E-state index contributed by atoms with van der Waals surface area (Å²) in [7, 11) is 0. The molecule has 0 saturated carbocycles. The second kappa shape index (κ2) is 10.2. The summed E-state index contributed by atoms with van der Waals surface area (Å²) < 4.78 is 10.9. The van der Waals surface area contributed by atoms with Crippen LogP contribution in [0.1, 0.15) is 44.2 Å². The molecule has 7 nitrogen and oxygen atoms in total. The molecule has 3 rings (SSSR count). The zero-order valence-corrected chi connectivity index (χ0v) is 17.0. The molecule has 0 radical (unpaired) electrons. The van der Waals surface area contributed by atoms with E-state index < -0.39 is 30.1 Å². The Morgan fingerprint density at radius 1 is 1.20 bits per heavy atom. The number of carbonyl (C=O) groups is 3. The van der Waals surface area contributed by atoms with E-state index in [0.717, 1.165) is 36.1 Å². The van der Waals surface area contributed by atoms with Crippen molar-refractivity contribution in [3.05, 3.63) is 59.9 Å². The molecule has 30 heavy (non-hydrogen) atoms. The summed E-state index contributed by atoms with van der Waals surface area (Å²) in [6.07, 6.45) is 6.48. The van der Waals surface area contributed by atoms with Gasteiger partial charge in [0.1, 0.15) is 18.4 Å². The fourth-order valence-electron chi connectivity index (χ4n) is 3.58. The molecular formula is C23H27NO6. The Balaban J connectivity index is 1.69. The van der Waals surface area contributed by atoms with Gasteiger partial charge in [0.05, 0.1) is 5.92 Å². The number of carbonyl (C=O) groups excluding carboxylic acids is 3. The van der Waals surface area contributed by atoms with E-state index in [0.29, 0.717) is 5.76 Å². The van der Waals surface area contributed by atoms with Gasteiger partial charge in [0.15, 0.2) is 11.9 Å². The standard InChI is InChI=1S/C23H27NO6/c1-16(21-20(26)13-12-18(30-21)11-7-2-3-8-14-25)22(27)24-19(15-29-23(24)28)17-9-5-4-6-10-17/h4-6,9-13,16,19,21,25H,2-3,7-8,14-15H2,1H3/t16-,19+,21-/m0/s1. The van der Waals surface area contributed by atoms with E-state index in [1.807, 2.05) is 36.4 Å². The predicted octanol–water partition coefficient (Wildman–Crippen LogP) is 3.30. The van der Waals surface area contributed by atoms with Crippen molar-refractivity contribution in [1.29, 1.82) is 0 Å². The molecule has 2 aliphatic heterocycles. The van der Waals surface area contributed by atoms with Crippen LogP contribution in [0.3, 0.4) is 0 Å². The van der Waals surface area contributed by atoms with Gasteiger partial charge in [-0.1, -0.05) is 36.8 Å². The number of allylic oxidation sites excluding steroid dienone is 2. The Morgan fingerprint density at radius 2 is 1.97 bits per heavy atom. The number of benzene rings is 1. The molecule has 3 atom stereocenters. The third-order valence-electron chi connectivity index (χ3n) is 5.30. The fourth-order valence-corrected chi connectivity index (χ4v) is 3.58. The molecule has 0 spiro atoms. The molecule has 0 aromatic heterocycles. The molecule has 2 heterocycles. The first-order valence-electron chi connectivity index (χ1n) is 10.3. The number of hydrogen-bond acceptors (Lipinski definition) is 6. The van der Waals surface area contributed by atoms with Crippen molar-refractivity contribution in [1.82, 2.24) is 4.90 Å². The summed E-state index contributed by atoms with van der Waals surface area (Å²) >= 11 is 0. The van der Waals surface area contributed by atoms with Gasteiger partial charge in [-0.25, -0.2) is 9.69 Å². The molecule has 0 aliphatic carbocycles. The van der Waals surface area contributed by atoms with Crippen molar-refractivity contribution in [3.63, 3.8) is 0 Å². The van der Waals surface area contributed by atoms with Crippen LogP contribution in [0.4, 0.5) is 4.79 Å². The van der Waals surface area contributed by atoms with Gasteiger partial charge in [0.2, 0.25) is 5.91 Å². The molecule has 2 amide bonds. The van der Waals surface area contributed by atoms with Gasteiger partial charge >= 0.3 is 6.09 Å². The maximum absolute atomic E-state index is 13.1. The van der Waals surface area contributed by atoms with Gasteiger partial charge in [-0.05, 0) is 50.0 Å². The largest absolute Gasteiger partial charge is 0.482 e. The second-order valence-electron chi connectivity index (χ2n) is 7.45. The van der Waals surface area contributed by atoms with Gasteiger partial charge < -0.3 is 14.6 Å². The molecule has 1 aromatic carbocycles. The first-order valence-corrected chi connectivity index (χ1v) is 10.3. The van der Waals surface area contributed by atoms with Crippen LogP contribution >= 0.6 is 0 Å². The van der Waals surface area contributed by atoms with Crippen LogP contribution in [0, 0.1) is 5.92 Å². The number of unbranched alkanes of at least 4 members (excludes halogenated alkanes) is 3. The Kier molecular flexibility index (Phi) is 7.41. The molecular weight excluding hydrogens is 386 g/mol. The lowest BCUT2D eigenvalue weighted by molar-refractivity contribution is -0.142. The SMILES string of the molecule is C[C@H](C(=O)N1C(=O)OC[C@@H]1c1ccccc1)[C@@H]1OC(=CCCCCCO)C=CC1=O. The Morgan fingerprint density at radius 3 is 2.70 bits per heavy atom. The van der Waals surface area contributed by atoms with Crippen molar-refractivity contribution in [2.45, 2.75) is 44.8 Å². The minimum Gasteiger partial charge on any atom is -0.482 e. The average molecular weight is 413 g/mol. The molecule has 0 bridgehead atoms. The monoisotopic (exact) mass is 413 g/mol. The lowest BCUT2D eigenvalue weighted by Crippen LogP contribution is -2.45. The van der Waals surface area contributed by atoms with E-state index in [4.69, 9.17) is 14.6 Å². The molecule has 0 unspecified atom stereocenters. The first-order chi connectivity index (χ1) is 14.5. The van der Waals surface area contributed by atoms with Crippen LogP contribution in [0.15, 0.2) is 54.3 Å². The van der Waals surface area contributed by atoms with E-state index >= 15 is 0 Å². The lowest BCUT2D eigenvalue weighted by Gasteiger charge is -2.29. The van der Waals surface area contributed by atoms with Gasteiger partial charge in [-0.2, -0.15) is 0 Å².